The van der Waals surface area contributed by atoms with Gasteiger partial charge in [-0.2, -0.15) is 0 Å². The van der Waals surface area contributed by atoms with Crippen molar-refractivity contribution in [1.82, 2.24) is 5.32 Å². The molecule has 78 valence electrons. The highest BCUT2D eigenvalue weighted by Crippen LogP contribution is 2.20. The Morgan fingerprint density at radius 3 is 2.79 bits per heavy atom. The molecule has 0 bridgehead atoms. The standard InChI is InChI=1S/C10H13ClFNO/c1-13-10(6-14-2)8-4-3-7(11)5-9(8)12/h3-5,10,13H,6H2,1-2H3. The summed E-state index contributed by atoms with van der Waals surface area (Å²) in [4.78, 5) is 0. The maximum absolute atomic E-state index is 13.4. The van der Waals surface area contributed by atoms with E-state index in [0.29, 0.717) is 17.2 Å². The van der Waals surface area contributed by atoms with Crippen LogP contribution in [0.2, 0.25) is 5.02 Å². The summed E-state index contributed by atoms with van der Waals surface area (Å²) in [7, 11) is 3.34. The Morgan fingerprint density at radius 2 is 2.29 bits per heavy atom. The Labute approximate surface area is 88.0 Å². The summed E-state index contributed by atoms with van der Waals surface area (Å²) in [6.45, 7) is 0.426. The second-order valence-corrected chi connectivity index (χ2v) is 3.40. The highest BCUT2D eigenvalue weighted by Gasteiger charge is 2.13. The first-order chi connectivity index (χ1) is 6.69. The van der Waals surface area contributed by atoms with Gasteiger partial charge in [-0.25, -0.2) is 4.39 Å². The number of halogens is 2. The first-order valence-electron chi connectivity index (χ1n) is 4.30. The van der Waals surface area contributed by atoms with Crippen LogP contribution in [0.15, 0.2) is 18.2 Å². The number of hydrogen-bond acceptors (Lipinski definition) is 2. The minimum atomic E-state index is -0.311. The van der Waals surface area contributed by atoms with E-state index in [1.54, 1.807) is 26.3 Å². The molecule has 2 nitrogen and oxygen atoms in total. The molecule has 0 saturated carbocycles. The van der Waals surface area contributed by atoms with Crippen molar-refractivity contribution < 1.29 is 9.13 Å². The van der Waals surface area contributed by atoms with Crippen LogP contribution in [-0.2, 0) is 4.74 Å². The molecule has 1 atom stereocenters. The fourth-order valence-electron chi connectivity index (χ4n) is 1.28. The van der Waals surface area contributed by atoms with Crippen LogP contribution in [0.3, 0.4) is 0 Å². The molecule has 14 heavy (non-hydrogen) atoms. The molecule has 1 rings (SSSR count). The minimum Gasteiger partial charge on any atom is -0.383 e. The highest BCUT2D eigenvalue weighted by molar-refractivity contribution is 6.30. The van der Waals surface area contributed by atoms with Crippen LogP contribution in [0.5, 0.6) is 0 Å². The number of methoxy groups -OCH3 is 1. The molecule has 0 aliphatic rings. The first-order valence-corrected chi connectivity index (χ1v) is 4.68. The molecule has 0 amide bonds. The van der Waals surface area contributed by atoms with Gasteiger partial charge in [0, 0.05) is 17.7 Å². The van der Waals surface area contributed by atoms with Crippen molar-refractivity contribution >= 4 is 11.6 Å². The Hall–Kier alpha value is -0.640. The smallest absolute Gasteiger partial charge is 0.129 e. The van der Waals surface area contributed by atoms with Crippen molar-refractivity contribution in [3.05, 3.63) is 34.6 Å². The molecule has 0 heterocycles. The lowest BCUT2D eigenvalue weighted by Gasteiger charge is -2.16. The van der Waals surface area contributed by atoms with Gasteiger partial charge in [0.2, 0.25) is 0 Å². The predicted molar refractivity (Wildman–Crippen MR) is 55.1 cm³/mol. The van der Waals surface area contributed by atoms with Crippen molar-refractivity contribution in [2.75, 3.05) is 20.8 Å². The Kier molecular flexibility index (Phi) is 4.32. The van der Waals surface area contributed by atoms with E-state index in [-0.39, 0.29) is 11.9 Å². The molecule has 0 aliphatic carbocycles. The molecule has 4 heteroatoms. The van der Waals surface area contributed by atoms with Gasteiger partial charge < -0.3 is 10.1 Å². The average molecular weight is 218 g/mol. The lowest BCUT2D eigenvalue weighted by atomic mass is 10.1. The van der Waals surface area contributed by atoms with E-state index in [9.17, 15) is 4.39 Å². The molecule has 1 aromatic rings. The zero-order chi connectivity index (χ0) is 10.6. The third-order valence-corrected chi connectivity index (χ3v) is 2.25. The Bertz CT molecular complexity index is 306. The SMILES string of the molecule is CNC(COC)c1ccc(Cl)cc1F. The van der Waals surface area contributed by atoms with Crippen LogP contribution in [0.25, 0.3) is 0 Å². The normalized spacial score (nSPS) is 12.9. The van der Waals surface area contributed by atoms with Gasteiger partial charge in [0.1, 0.15) is 5.82 Å². The summed E-state index contributed by atoms with van der Waals surface area (Å²) < 4.78 is 18.4. The lowest BCUT2D eigenvalue weighted by molar-refractivity contribution is 0.169. The molecule has 1 N–H and O–H groups in total. The van der Waals surface area contributed by atoms with Crippen molar-refractivity contribution in [3.8, 4) is 0 Å². The predicted octanol–water partition coefficient (Wildman–Crippen LogP) is 2.39. The second kappa shape index (κ2) is 5.29. The zero-order valence-corrected chi connectivity index (χ0v) is 8.94. The Balaban J connectivity index is 2.92. The fourth-order valence-corrected chi connectivity index (χ4v) is 1.44. The molecule has 0 aliphatic heterocycles. The molecule has 0 fully saturated rings. The van der Waals surface area contributed by atoms with Crippen molar-refractivity contribution in [2.24, 2.45) is 0 Å². The highest BCUT2D eigenvalue weighted by atomic mass is 35.5. The van der Waals surface area contributed by atoms with E-state index >= 15 is 0 Å². The van der Waals surface area contributed by atoms with E-state index in [1.165, 1.54) is 6.07 Å². The number of rotatable bonds is 4. The largest absolute Gasteiger partial charge is 0.383 e. The quantitative estimate of drug-likeness (QED) is 0.836. The van der Waals surface area contributed by atoms with Gasteiger partial charge in [0.25, 0.3) is 0 Å². The Morgan fingerprint density at radius 1 is 1.57 bits per heavy atom. The van der Waals surface area contributed by atoms with E-state index in [1.807, 2.05) is 0 Å². The molecule has 0 aromatic heterocycles. The number of nitrogens with one attached hydrogen (secondary N) is 1. The van der Waals surface area contributed by atoms with E-state index < -0.39 is 0 Å². The van der Waals surface area contributed by atoms with Crippen LogP contribution in [-0.4, -0.2) is 20.8 Å². The summed E-state index contributed by atoms with van der Waals surface area (Å²) >= 11 is 5.65. The summed E-state index contributed by atoms with van der Waals surface area (Å²) in [5, 5.41) is 3.37. The molecular weight excluding hydrogens is 205 g/mol. The van der Waals surface area contributed by atoms with Gasteiger partial charge in [-0.15, -0.1) is 0 Å². The monoisotopic (exact) mass is 217 g/mol. The van der Waals surface area contributed by atoms with Gasteiger partial charge in [-0.3, -0.25) is 0 Å². The van der Waals surface area contributed by atoms with Crippen LogP contribution in [0.4, 0.5) is 4.39 Å². The van der Waals surface area contributed by atoms with Gasteiger partial charge in [0.15, 0.2) is 0 Å². The van der Waals surface area contributed by atoms with Crippen LogP contribution in [0.1, 0.15) is 11.6 Å². The maximum Gasteiger partial charge on any atom is 0.129 e. The van der Waals surface area contributed by atoms with E-state index in [4.69, 9.17) is 16.3 Å². The fraction of sp³-hybridized carbons (Fsp3) is 0.400. The average Bonchev–Trinajstić information content (AvgIpc) is 2.15. The number of hydrogen-bond donors (Lipinski definition) is 1. The minimum absolute atomic E-state index is 0.141. The molecule has 0 spiro atoms. The summed E-state index contributed by atoms with van der Waals surface area (Å²) in [6, 6.07) is 4.49. The van der Waals surface area contributed by atoms with Crippen molar-refractivity contribution in [2.45, 2.75) is 6.04 Å². The van der Waals surface area contributed by atoms with Gasteiger partial charge >= 0.3 is 0 Å². The van der Waals surface area contributed by atoms with Crippen molar-refractivity contribution in [1.29, 1.82) is 0 Å². The molecule has 1 aromatic carbocycles. The lowest BCUT2D eigenvalue weighted by Crippen LogP contribution is -2.22. The van der Waals surface area contributed by atoms with Gasteiger partial charge in [-0.05, 0) is 19.2 Å². The van der Waals surface area contributed by atoms with Crippen molar-refractivity contribution in [3.63, 3.8) is 0 Å². The van der Waals surface area contributed by atoms with E-state index in [2.05, 4.69) is 5.32 Å². The van der Waals surface area contributed by atoms with Crippen LogP contribution < -0.4 is 5.32 Å². The van der Waals surface area contributed by atoms with Crippen LogP contribution in [0, 0.1) is 5.82 Å². The topological polar surface area (TPSA) is 21.3 Å². The third-order valence-electron chi connectivity index (χ3n) is 2.02. The van der Waals surface area contributed by atoms with E-state index in [0.717, 1.165) is 0 Å². The zero-order valence-electron chi connectivity index (χ0n) is 8.18. The van der Waals surface area contributed by atoms with Gasteiger partial charge in [-0.1, -0.05) is 17.7 Å². The molecule has 1 unspecified atom stereocenters. The summed E-state index contributed by atoms with van der Waals surface area (Å²) in [6.07, 6.45) is 0. The third kappa shape index (κ3) is 2.67. The van der Waals surface area contributed by atoms with Gasteiger partial charge in [0.05, 0.1) is 12.6 Å². The molecule has 0 radical (unpaired) electrons. The molecular formula is C10H13ClFNO. The van der Waals surface area contributed by atoms with Crippen LogP contribution >= 0.6 is 11.6 Å². The second-order valence-electron chi connectivity index (χ2n) is 2.96. The molecule has 0 saturated heterocycles. The summed E-state index contributed by atoms with van der Waals surface area (Å²) in [5.41, 5.74) is 0.568. The number of likely N-dealkylation sites (N-methyl/N-ethyl adjacent to an activating group) is 1. The summed E-state index contributed by atoms with van der Waals surface area (Å²) in [5.74, 6) is -0.311. The number of benzene rings is 1. The first kappa shape index (κ1) is 11.4. The number of ether oxygens (including phenoxy) is 1. The maximum atomic E-state index is 13.4.